The van der Waals surface area contributed by atoms with Crippen LogP contribution in [-0.4, -0.2) is 31.8 Å². The molecule has 0 aliphatic carbocycles. The van der Waals surface area contributed by atoms with Crippen LogP contribution >= 0.6 is 15.9 Å². The molecule has 1 aromatic rings. The first-order chi connectivity index (χ1) is 8.79. The number of likely N-dealkylation sites (tertiary alicyclic amines) is 1. The number of rotatable bonds is 2. The largest absolute Gasteiger partial charge is 0.336 e. The van der Waals surface area contributed by atoms with Crippen molar-refractivity contribution >= 4 is 31.9 Å². The maximum atomic E-state index is 12.4. The molecule has 0 radical (unpaired) electrons. The Labute approximate surface area is 121 Å². The molecule has 5 nitrogen and oxygen atoms in total. The van der Waals surface area contributed by atoms with E-state index in [-0.39, 0.29) is 16.8 Å². The summed E-state index contributed by atoms with van der Waals surface area (Å²) in [5.74, 6) is -0.156. The van der Waals surface area contributed by atoms with Gasteiger partial charge in [0.05, 0.1) is 4.90 Å². The summed E-state index contributed by atoms with van der Waals surface area (Å²) in [7, 11) is -3.82. The van der Waals surface area contributed by atoms with Crippen molar-refractivity contribution in [3.63, 3.8) is 0 Å². The number of carbonyl (C=O) groups excluding carboxylic acids is 1. The fourth-order valence-electron chi connectivity index (χ4n) is 2.25. The maximum Gasteiger partial charge on any atom is 0.254 e. The van der Waals surface area contributed by atoms with E-state index in [2.05, 4.69) is 15.9 Å². The second-order valence-electron chi connectivity index (χ2n) is 4.71. The molecule has 1 aliphatic rings. The summed E-state index contributed by atoms with van der Waals surface area (Å²) in [6.45, 7) is 2.70. The lowest BCUT2D eigenvalue weighted by Crippen LogP contribution is -2.33. The second kappa shape index (κ2) is 5.22. The lowest BCUT2D eigenvalue weighted by atomic mass is 10.2. The van der Waals surface area contributed by atoms with Crippen LogP contribution in [0.15, 0.2) is 27.6 Å². The van der Waals surface area contributed by atoms with Crippen LogP contribution in [0.4, 0.5) is 0 Å². The van der Waals surface area contributed by atoms with E-state index in [4.69, 9.17) is 5.14 Å². The molecule has 2 N–H and O–H groups in total. The van der Waals surface area contributed by atoms with Gasteiger partial charge < -0.3 is 4.90 Å². The number of hydrogen-bond donors (Lipinski definition) is 1. The lowest BCUT2D eigenvalue weighted by Gasteiger charge is -2.21. The van der Waals surface area contributed by atoms with E-state index >= 15 is 0 Å². The van der Waals surface area contributed by atoms with Gasteiger partial charge in [0.25, 0.3) is 5.91 Å². The van der Waals surface area contributed by atoms with Crippen molar-refractivity contribution in [1.82, 2.24) is 4.90 Å². The zero-order chi connectivity index (χ0) is 14.2. The first-order valence-electron chi connectivity index (χ1n) is 5.93. The molecule has 2 rings (SSSR count). The van der Waals surface area contributed by atoms with Crippen molar-refractivity contribution in [3.8, 4) is 0 Å². The predicted molar refractivity (Wildman–Crippen MR) is 75.2 cm³/mol. The molecule has 0 saturated carbocycles. The Balaban J connectivity index is 2.40. The molecule has 1 amide bonds. The van der Waals surface area contributed by atoms with Gasteiger partial charge in [0, 0.05) is 22.6 Å². The summed E-state index contributed by atoms with van der Waals surface area (Å²) in [5.41, 5.74) is 0.340. The van der Waals surface area contributed by atoms with Crippen molar-refractivity contribution in [2.45, 2.75) is 30.7 Å². The van der Waals surface area contributed by atoms with Crippen LogP contribution in [0.3, 0.4) is 0 Å². The molecule has 104 valence electrons. The number of nitrogens with two attached hydrogens (primary N) is 1. The van der Waals surface area contributed by atoms with Gasteiger partial charge in [-0.1, -0.05) is 15.9 Å². The summed E-state index contributed by atoms with van der Waals surface area (Å²) in [5, 5.41) is 5.10. The smallest absolute Gasteiger partial charge is 0.254 e. The second-order valence-corrected chi connectivity index (χ2v) is 7.19. The van der Waals surface area contributed by atoms with E-state index in [9.17, 15) is 13.2 Å². The number of benzene rings is 1. The third kappa shape index (κ3) is 3.16. The lowest BCUT2D eigenvalue weighted by molar-refractivity contribution is 0.0747. The third-order valence-electron chi connectivity index (χ3n) is 3.26. The molecule has 1 saturated heterocycles. The van der Waals surface area contributed by atoms with E-state index in [1.165, 1.54) is 12.1 Å². The molecule has 0 bridgehead atoms. The van der Waals surface area contributed by atoms with Gasteiger partial charge in [-0.3, -0.25) is 4.79 Å². The predicted octanol–water partition coefficient (Wildman–Crippen LogP) is 1.72. The number of hydrogen-bond acceptors (Lipinski definition) is 3. The first kappa shape index (κ1) is 14.5. The number of sulfonamides is 1. The van der Waals surface area contributed by atoms with Crippen LogP contribution in [0, 0.1) is 0 Å². The Bertz CT molecular complexity index is 615. The van der Waals surface area contributed by atoms with E-state index in [0.717, 1.165) is 12.8 Å². The average Bonchev–Trinajstić information content (AvgIpc) is 2.72. The number of primary sulfonamides is 1. The number of halogens is 1. The topological polar surface area (TPSA) is 80.5 Å². The molecule has 0 aromatic heterocycles. The fourth-order valence-corrected chi connectivity index (χ4v) is 3.48. The highest BCUT2D eigenvalue weighted by Crippen LogP contribution is 2.23. The summed E-state index contributed by atoms with van der Waals surface area (Å²) >= 11 is 3.21. The molecule has 7 heteroatoms. The minimum atomic E-state index is -3.82. The molecule has 1 atom stereocenters. The van der Waals surface area contributed by atoms with Gasteiger partial charge in [0.1, 0.15) is 0 Å². The minimum Gasteiger partial charge on any atom is -0.336 e. The zero-order valence-electron chi connectivity index (χ0n) is 10.5. The summed E-state index contributed by atoms with van der Waals surface area (Å²) in [4.78, 5) is 14.1. The van der Waals surface area contributed by atoms with E-state index < -0.39 is 10.0 Å². The average molecular weight is 347 g/mol. The van der Waals surface area contributed by atoms with Gasteiger partial charge >= 0.3 is 0 Å². The van der Waals surface area contributed by atoms with E-state index in [1.54, 1.807) is 11.0 Å². The Morgan fingerprint density at radius 3 is 2.63 bits per heavy atom. The van der Waals surface area contributed by atoms with Crippen molar-refractivity contribution in [2.24, 2.45) is 5.14 Å². The summed E-state index contributed by atoms with van der Waals surface area (Å²) in [6, 6.07) is 4.51. The van der Waals surface area contributed by atoms with Crippen LogP contribution in [0.1, 0.15) is 30.1 Å². The SMILES string of the molecule is CC1CCCN1C(=O)c1cc(Br)cc(S(N)(=O)=O)c1. The van der Waals surface area contributed by atoms with Crippen LogP contribution in [0.2, 0.25) is 0 Å². The molecule has 1 fully saturated rings. The van der Waals surface area contributed by atoms with Crippen molar-refractivity contribution in [2.75, 3.05) is 6.54 Å². The molecular formula is C12H15BrN2O3S. The molecular weight excluding hydrogens is 332 g/mol. The molecule has 1 aromatic carbocycles. The van der Waals surface area contributed by atoms with Crippen molar-refractivity contribution in [3.05, 3.63) is 28.2 Å². The normalized spacial score (nSPS) is 19.7. The molecule has 1 heterocycles. The van der Waals surface area contributed by atoms with Crippen molar-refractivity contribution < 1.29 is 13.2 Å². The Hall–Kier alpha value is -0.920. The quantitative estimate of drug-likeness (QED) is 0.885. The highest BCUT2D eigenvalue weighted by atomic mass is 79.9. The highest BCUT2D eigenvalue weighted by Gasteiger charge is 2.26. The van der Waals surface area contributed by atoms with Crippen LogP contribution < -0.4 is 5.14 Å². The minimum absolute atomic E-state index is 0.0583. The number of carbonyl (C=O) groups is 1. The Morgan fingerprint density at radius 1 is 1.42 bits per heavy atom. The maximum absolute atomic E-state index is 12.4. The number of amides is 1. The number of nitrogens with zero attached hydrogens (tertiary/aromatic N) is 1. The molecule has 0 spiro atoms. The highest BCUT2D eigenvalue weighted by molar-refractivity contribution is 9.10. The first-order valence-corrected chi connectivity index (χ1v) is 8.27. The molecule has 19 heavy (non-hydrogen) atoms. The Kier molecular flexibility index (Phi) is 3.98. The van der Waals surface area contributed by atoms with Gasteiger partial charge in [0.15, 0.2) is 0 Å². The van der Waals surface area contributed by atoms with Gasteiger partial charge in [-0.2, -0.15) is 0 Å². The van der Waals surface area contributed by atoms with Gasteiger partial charge in [-0.15, -0.1) is 0 Å². The van der Waals surface area contributed by atoms with E-state index in [0.29, 0.717) is 16.6 Å². The summed E-state index contributed by atoms with van der Waals surface area (Å²) < 4.78 is 23.3. The molecule has 1 unspecified atom stereocenters. The zero-order valence-corrected chi connectivity index (χ0v) is 12.9. The van der Waals surface area contributed by atoms with Crippen LogP contribution in [0.5, 0.6) is 0 Å². The van der Waals surface area contributed by atoms with E-state index in [1.807, 2.05) is 6.92 Å². The van der Waals surface area contributed by atoms with Gasteiger partial charge in [0.2, 0.25) is 10.0 Å². The van der Waals surface area contributed by atoms with Crippen LogP contribution in [-0.2, 0) is 10.0 Å². The van der Waals surface area contributed by atoms with Gasteiger partial charge in [-0.05, 0) is 38.0 Å². The monoisotopic (exact) mass is 346 g/mol. The third-order valence-corrected chi connectivity index (χ3v) is 4.61. The van der Waals surface area contributed by atoms with Crippen LogP contribution in [0.25, 0.3) is 0 Å². The standard InChI is InChI=1S/C12H15BrN2O3S/c1-8-3-2-4-15(8)12(16)9-5-10(13)7-11(6-9)19(14,17)18/h5-8H,2-4H2,1H3,(H2,14,17,18). The summed E-state index contributed by atoms with van der Waals surface area (Å²) in [6.07, 6.45) is 1.95. The molecule has 1 aliphatic heterocycles. The fraction of sp³-hybridized carbons (Fsp3) is 0.417. The van der Waals surface area contributed by atoms with Gasteiger partial charge in [-0.25, -0.2) is 13.6 Å². The van der Waals surface area contributed by atoms with Crippen molar-refractivity contribution in [1.29, 1.82) is 0 Å². The Morgan fingerprint density at radius 2 is 2.11 bits per heavy atom.